The van der Waals surface area contributed by atoms with Crippen LogP contribution in [0.5, 0.6) is 0 Å². The molecule has 0 amide bonds. The third-order valence-electron chi connectivity index (χ3n) is 0.744. The van der Waals surface area contributed by atoms with Gasteiger partial charge in [-0.05, 0) is 0 Å². The van der Waals surface area contributed by atoms with E-state index in [1.807, 2.05) is 0 Å². The van der Waals surface area contributed by atoms with E-state index in [0.29, 0.717) is 0 Å². The number of nitrogens with two attached hydrogens (primary N) is 1. The van der Waals surface area contributed by atoms with E-state index in [4.69, 9.17) is 5.73 Å². The Morgan fingerprint density at radius 1 is 1.58 bits per heavy atom. The van der Waals surface area contributed by atoms with Crippen molar-refractivity contribution in [2.75, 3.05) is 12.3 Å². The Morgan fingerprint density at radius 2 is 2.08 bits per heavy atom. The van der Waals surface area contributed by atoms with Gasteiger partial charge in [-0.25, -0.2) is 4.79 Å². The first-order valence-corrected chi connectivity index (χ1v) is 4.38. The standard InChI is InChI=1S/C5H9NO4S.Na.H/c1-2-5(7)10-11(8,9)4-3-6;;/h2H,1,3-4,6H2;;. The van der Waals surface area contributed by atoms with Gasteiger partial charge >= 0.3 is 45.6 Å². The zero-order chi connectivity index (χ0) is 8.91. The molecule has 0 fully saturated rings. The molecule has 0 heterocycles. The first-order valence-electron chi connectivity index (χ1n) is 2.80. The zero-order valence-corrected chi connectivity index (χ0v) is 6.63. The summed E-state index contributed by atoms with van der Waals surface area (Å²) >= 11 is 0. The Hall–Kier alpha value is 0.120. The molecule has 2 N–H and O–H groups in total. The van der Waals surface area contributed by atoms with E-state index in [-0.39, 0.29) is 41.9 Å². The number of rotatable bonds is 4. The average molecular weight is 203 g/mol. The summed E-state index contributed by atoms with van der Waals surface area (Å²) < 4.78 is 25.2. The monoisotopic (exact) mass is 203 g/mol. The molecule has 0 saturated carbocycles. The van der Waals surface area contributed by atoms with Gasteiger partial charge in [0.05, 0.1) is 5.75 Å². The molecule has 0 aromatic rings. The van der Waals surface area contributed by atoms with Gasteiger partial charge < -0.3 is 9.92 Å². The molecule has 0 atom stereocenters. The second kappa shape index (κ2) is 6.62. The number of carbonyl (C=O) groups is 1. The van der Waals surface area contributed by atoms with E-state index in [9.17, 15) is 13.2 Å². The van der Waals surface area contributed by atoms with Crippen molar-refractivity contribution in [3.05, 3.63) is 12.7 Å². The second-order valence-electron chi connectivity index (χ2n) is 1.66. The molecule has 5 nitrogen and oxygen atoms in total. The SMILES string of the molecule is C=CC(=O)OS(=O)(=O)CCN.[NaH]. The van der Waals surface area contributed by atoms with Gasteiger partial charge in [-0.2, -0.15) is 8.42 Å². The third-order valence-corrected chi connectivity index (χ3v) is 1.90. The van der Waals surface area contributed by atoms with Crippen molar-refractivity contribution in [1.29, 1.82) is 0 Å². The quantitative estimate of drug-likeness (QED) is 0.336. The molecule has 0 saturated heterocycles. The molecule has 0 bridgehead atoms. The van der Waals surface area contributed by atoms with Crippen LogP contribution in [0, 0.1) is 0 Å². The first-order chi connectivity index (χ1) is 5.02. The summed E-state index contributed by atoms with van der Waals surface area (Å²) in [5.41, 5.74) is 4.94. The fraction of sp³-hybridized carbons (Fsp3) is 0.400. The molecular weight excluding hydrogens is 193 g/mol. The van der Waals surface area contributed by atoms with Gasteiger partial charge in [-0.1, -0.05) is 6.58 Å². The van der Waals surface area contributed by atoms with Crippen LogP contribution in [0.3, 0.4) is 0 Å². The fourth-order valence-electron chi connectivity index (χ4n) is 0.345. The maximum absolute atomic E-state index is 10.6. The Morgan fingerprint density at radius 3 is 2.42 bits per heavy atom. The summed E-state index contributed by atoms with van der Waals surface area (Å²) in [6.07, 6.45) is 0.772. The van der Waals surface area contributed by atoms with Gasteiger partial charge in [0, 0.05) is 12.6 Å². The molecule has 0 aliphatic rings. The summed E-state index contributed by atoms with van der Waals surface area (Å²) in [5, 5.41) is 0. The normalized spacial score (nSPS) is 9.75. The second-order valence-corrected chi connectivity index (χ2v) is 3.35. The summed E-state index contributed by atoms with van der Waals surface area (Å²) in [6.45, 7) is 2.96. The van der Waals surface area contributed by atoms with Gasteiger partial charge in [0.15, 0.2) is 0 Å². The van der Waals surface area contributed by atoms with Gasteiger partial charge in [0.1, 0.15) is 0 Å². The molecule has 0 aliphatic heterocycles. The summed E-state index contributed by atoms with van der Waals surface area (Å²) in [5.74, 6) is -1.36. The van der Waals surface area contributed by atoms with Crippen molar-refractivity contribution < 1.29 is 17.4 Å². The van der Waals surface area contributed by atoms with E-state index < -0.39 is 16.1 Å². The number of carbonyl (C=O) groups excluding carboxylic acids is 1. The molecular formula is C5H10NNaO4S. The molecule has 0 rings (SSSR count). The van der Waals surface area contributed by atoms with Crippen molar-refractivity contribution in [2.24, 2.45) is 5.73 Å². The van der Waals surface area contributed by atoms with Crippen LogP contribution < -0.4 is 5.73 Å². The van der Waals surface area contributed by atoms with Crippen LogP contribution in [-0.2, 0) is 19.1 Å². The van der Waals surface area contributed by atoms with Crippen molar-refractivity contribution in [1.82, 2.24) is 0 Å². The topological polar surface area (TPSA) is 86.5 Å². The maximum atomic E-state index is 10.6. The summed E-state index contributed by atoms with van der Waals surface area (Å²) in [4.78, 5) is 10.3. The minimum absolute atomic E-state index is 0. The average Bonchev–Trinajstić information content (AvgIpc) is 1.86. The van der Waals surface area contributed by atoms with Crippen molar-refractivity contribution in [3.63, 3.8) is 0 Å². The molecule has 7 heteroatoms. The van der Waals surface area contributed by atoms with Crippen LogP contribution >= 0.6 is 0 Å². The Labute approximate surface area is 93.4 Å². The predicted octanol–water partition coefficient (Wildman–Crippen LogP) is -1.64. The Kier molecular flexibility index (Phi) is 8.07. The molecule has 0 spiro atoms. The van der Waals surface area contributed by atoms with Crippen molar-refractivity contribution in [2.45, 2.75) is 0 Å². The molecule has 0 aromatic heterocycles. The van der Waals surface area contributed by atoms with Crippen LogP contribution in [-0.4, -0.2) is 56.2 Å². The molecule has 0 unspecified atom stereocenters. The van der Waals surface area contributed by atoms with E-state index in [2.05, 4.69) is 10.8 Å². The van der Waals surface area contributed by atoms with Crippen LogP contribution in [0.4, 0.5) is 0 Å². The van der Waals surface area contributed by atoms with Crippen LogP contribution in [0.2, 0.25) is 0 Å². The molecule has 0 radical (unpaired) electrons. The predicted molar refractivity (Wildman–Crippen MR) is 46.3 cm³/mol. The van der Waals surface area contributed by atoms with E-state index in [1.165, 1.54) is 0 Å². The van der Waals surface area contributed by atoms with E-state index in [0.717, 1.165) is 6.08 Å². The Balaban J connectivity index is 0. The van der Waals surface area contributed by atoms with Crippen LogP contribution in [0.15, 0.2) is 12.7 Å². The van der Waals surface area contributed by atoms with Gasteiger partial charge in [-0.3, -0.25) is 0 Å². The first kappa shape index (κ1) is 14.6. The van der Waals surface area contributed by atoms with Gasteiger partial charge in [0.2, 0.25) is 0 Å². The Bertz CT molecular complexity index is 248. The molecule has 0 aliphatic carbocycles. The fourth-order valence-corrected chi connectivity index (χ4v) is 1.04. The van der Waals surface area contributed by atoms with Crippen molar-refractivity contribution in [3.8, 4) is 0 Å². The van der Waals surface area contributed by atoms with Crippen molar-refractivity contribution >= 4 is 45.6 Å². The van der Waals surface area contributed by atoms with Crippen LogP contribution in [0.25, 0.3) is 0 Å². The summed E-state index contributed by atoms with van der Waals surface area (Å²) in [7, 11) is -3.79. The van der Waals surface area contributed by atoms with Gasteiger partial charge in [-0.15, -0.1) is 0 Å². The zero-order valence-electron chi connectivity index (χ0n) is 5.82. The van der Waals surface area contributed by atoms with Crippen LogP contribution in [0.1, 0.15) is 0 Å². The van der Waals surface area contributed by atoms with Gasteiger partial charge in [0.25, 0.3) is 0 Å². The number of hydrogen-bond acceptors (Lipinski definition) is 5. The third kappa shape index (κ3) is 6.81. The molecule has 12 heavy (non-hydrogen) atoms. The number of hydrogen-bond donors (Lipinski definition) is 1. The molecule has 0 aromatic carbocycles. The minimum atomic E-state index is -3.79. The summed E-state index contributed by atoms with van der Waals surface area (Å²) in [6, 6.07) is 0. The molecule has 66 valence electrons. The van der Waals surface area contributed by atoms with E-state index >= 15 is 0 Å². The van der Waals surface area contributed by atoms with E-state index in [1.54, 1.807) is 0 Å².